The lowest BCUT2D eigenvalue weighted by Gasteiger charge is -2.05. The summed E-state index contributed by atoms with van der Waals surface area (Å²) in [5.74, 6) is 0.104. The van der Waals surface area contributed by atoms with E-state index in [1.54, 1.807) is 0 Å². The monoisotopic (exact) mass is 304 g/mol. The van der Waals surface area contributed by atoms with Crippen molar-refractivity contribution in [3.05, 3.63) is 33.8 Å². The van der Waals surface area contributed by atoms with Crippen LogP contribution in [0, 0.1) is 6.92 Å². The van der Waals surface area contributed by atoms with Gasteiger partial charge in [-0.2, -0.15) is 0 Å². The summed E-state index contributed by atoms with van der Waals surface area (Å²) >= 11 is 6.63. The second-order valence-corrected chi connectivity index (χ2v) is 5.19. The zero-order chi connectivity index (χ0) is 10.0. The van der Waals surface area contributed by atoms with Crippen molar-refractivity contribution in [2.75, 3.05) is 0 Å². The summed E-state index contributed by atoms with van der Waals surface area (Å²) in [5, 5.41) is 0. The van der Waals surface area contributed by atoms with Gasteiger partial charge in [-0.15, -0.1) is 0 Å². The summed E-state index contributed by atoms with van der Waals surface area (Å²) in [6.07, 6.45) is 0. The zero-order valence-corrected chi connectivity index (χ0v) is 10.6. The van der Waals surface area contributed by atoms with E-state index in [2.05, 4.69) is 31.9 Å². The van der Waals surface area contributed by atoms with Crippen LogP contribution < -0.4 is 0 Å². The van der Waals surface area contributed by atoms with Crippen molar-refractivity contribution in [3.8, 4) is 0 Å². The highest BCUT2D eigenvalue weighted by Crippen LogP contribution is 2.21. The largest absolute Gasteiger partial charge is 0.293 e. The summed E-state index contributed by atoms with van der Waals surface area (Å²) in [4.78, 5) is 11.5. The number of halogens is 2. The van der Waals surface area contributed by atoms with E-state index in [0.717, 1.165) is 15.6 Å². The molecule has 1 aromatic carbocycles. The smallest absolute Gasteiger partial charge is 0.177 e. The molecule has 13 heavy (non-hydrogen) atoms. The van der Waals surface area contributed by atoms with Crippen LogP contribution in [-0.2, 0) is 0 Å². The third-order valence-electron chi connectivity index (χ3n) is 1.75. The van der Waals surface area contributed by atoms with Crippen LogP contribution in [0.15, 0.2) is 22.7 Å². The lowest BCUT2D eigenvalue weighted by molar-refractivity contribution is 0.0995. The van der Waals surface area contributed by atoms with E-state index in [1.165, 1.54) is 0 Å². The van der Waals surface area contributed by atoms with Gasteiger partial charge in [-0.1, -0.05) is 37.9 Å². The van der Waals surface area contributed by atoms with Crippen molar-refractivity contribution >= 4 is 37.6 Å². The highest BCUT2D eigenvalue weighted by molar-refractivity contribution is 9.10. The standard InChI is InChI=1S/C10H10Br2O/c1-6-3-4-8(9(12)5-6)10(13)7(2)11/h3-5,7H,1-2H3. The lowest BCUT2D eigenvalue weighted by atomic mass is 10.1. The predicted octanol–water partition coefficient (Wildman–Crippen LogP) is 3.72. The molecule has 0 bridgehead atoms. The van der Waals surface area contributed by atoms with E-state index in [-0.39, 0.29) is 10.6 Å². The molecule has 1 aromatic rings. The molecule has 1 nitrogen and oxygen atoms in total. The van der Waals surface area contributed by atoms with Crippen LogP contribution in [0.25, 0.3) is 0 Å². The fourth-order valence-electron chi connectivity index (χ4n) is 1.03. The first-order valence-electron chi connectivity index (χ1n) is 3.97. The first-order valence-corrected chi connectivity index (χ1v) is 5.67. The maximum Gasteiger partial charge on any atom is 0.177 e. The molecule has 0 fully saturated rings. The molecule has 0 N–H and O–H groups in total. The molecule has 1 unspecified atom stereocenters. The molecule has 0 spiro atoms. The summed E-state index contributed by atoms with van der Waals surface area (Å²) in [6.45, 7) is 3.82. The molecule has 0 amide bonds. The Labute approximate surface area is 94.8 Å². The molecule has 1 rings (SSSR count). The number of rotatable bonds is 2. The van der Waals surface area contributed by atoms with Crippen LogP contribution in [0.1, 0.15) is 22.8 Å². The average Bonchev–Trinajstić information content (AvgIpc) is 2.03. The van der Waals surface area contributed by atoms with Crippen molar-refractivity contribution < 1.29 is 4.79 Å². The van der Waals surface area contributed by atoms with Crippen molar-refractivity contribution in [3.63, 3.8) is 0 Å². The minimum absolute atomic E-state index is 0.104. The van der Waals surface area contributed by atoms with E-state index >= 15 is 0 Å². The maximum atomic E-state index is 11.6. The number of benzene rings is 1. The lowest BCUT2D eigenvalue weighted by Crippen LogP contribution is -2.10. The number of ketones is 1. The zero-order valence-electron chi connectivity index (χ0n) is 7.47. The van der Waals surface area contributed by atoms with E-state index in [4.69, 9.17) is 0 Å². The van der Waals surface area contributed by atoms with Crippen LogP contribution in [0.5, 0.6) is 0 Å². The molecule has 3 heteroatoms. The number of hydrogen-bond acceptors (Lipinski definition) is 1. The molecule has 1 atom stereocenters. The Morgan fingerprint density at radius 2 is 2.08 bits per heavy atom. The molecule has 0 radical (unpaired) electrons. The fourth-order valence-corrected chi connectivity index (χ4v) is 1.97. The first-order chi connectivity index (χ1) is 6.02. The number of alkyl halides is 1. The number of Topliss-reactive ketones (excluding diaryl/α,β-unsaturated/α-hetero) is 1. The topological polar surface area (TPSA) is 17.1 Å². The fraction of sp³-hybridized carbons (Fsp3) is 0.300. The van der Waals surface area contributed by atoms with Gasteiger partial charge >= 0.3 is 0 Å². The van der Waals surface area contributed by atoms with E-state index in [0.29, 0.717) is 0 Å². The molecule has 0 aromatic heterocycles. The SMILES string of the molecule is Cc1ccc(C(=O)C(C)Br)c(Br)c1. The molecular formula is C10H10Br2O. The first kappa shape index (κ1) is 10.9. The number of hydrogen-bond donors (Lipinski definition) is 0. The quantitative estimate of drug-likeness (QED) is 0.601. The molecule has 0 aliphatic carbocycles. The van der Waals surface area contributed by atoms with Crippen molar-refractivity contribution in [1.82, 2.24) is 0 Å². The van der Waals surface area contributed by atoms with Crippen LogP contribution >= 0.6 is 31.9 Å². The molecule has 0 aliphatic rings. The van der Waals surface area contributed by atoms with Crippen LogP contribution in [0.3, 0.4) is 0 Å². The average molecular weight is 306 g/mol. The summed E-state index contributed by atoms with van der Waals surface area (Å²) in [7, 11) is 0. The van der Waals surface area contributed by atoms with Gasteiger partial charge in [0.05, 0.1) is 4.83 Å². The van der Waals surface area contributed by atoms with Crippen LogP contribution in [0.2, 0.25) is 0 Å². The normalized spacial score (nSPS) is 12.6. The Balaban J connectivity index is 3.09. The second-order valence-electron chi connectivity index (χ2n) is 2.96. The molecular weight excluding hydrogens is 296 g/mol. The summed E-state index contributed by atoms with van der Waals surface area (Å²) in [5.41, 5.74) is 1.88. The van der Waals surface area contributed by atoms with Crippen LogP contribution in [0.4, 0.5) is 0 Å². The van der Waals surface area contributed by atoms with Gasteiger partial charge in [-0.05, 0) is 31.5 Å². The molecule has 0 saturated heterocycles. The van der Waals surface area contributed by atoms with E-state index in [1.807, 2.05) is 32.0 Å². The Kier molecular flexibility index (Phi) is 3.68. The van der Waals surface area contributed by atoms with Gasteiger partial charge in [0.1, 0.15) is 0 Å². The van der Waals surface area contributed by atoms with Gasteiger partial charge < -0.3 is 0 Å². The highest BCUT2D eigenvalue weighted by atomic mass is 79.9. The molecule has 70 valence electrons. The van der Waals surface area contributed by atoms with Gasteiger partial charge in [0, 0.05) is 10.0 Å². The van der Waals surface area contributed by atoms with E-state index < -0.39 is 0 Å². The van der Waals surface area contributed by atoms with Gasteiger partial charge in [0.2, 0.25) is 0 Å². The minimum Gasteiger partial charge on any atom is -0.293 e. The summed E-state index contributed by atoms with van der Waals surface area (Å²) < 4.78 is 0.865. The van der Waals surface area contributed by atoms with E-state index in [9.17, 15) is 4.79 Å². The number of carbonyl (C=O) groups is 1. The second kappa shape index (κ2) is 4.38. The van der Waals surface area contributed by atoms with Gasteiger partial charge in [0.25, 0.3) is 0 Å². The summed E-state index contributed by atoms with van der Waals surface area (Å²) in [6, 6.07) is 5.73. The molecule has 0 saturated carbocycles. The van der Waals surface area contributed by atoms with Gasteiger partial charge in [-0.3, -0.25) is 4.79 Å². The van der Waals surface area contributed by atoms with Gasteiger partial charge in [-0.25, -0.2) is 0 Å². The highest BCUT2D eigenvalue weighted by Gasteiger charge is 2.14. The Hall–Kier alpha value is -0.150. The molecule has 0 aliphatic heterocycles. The number of carbonyl (C=O) groups excluding carboxylic acids is 1. The molecule has 0 heterocycles. The maximum absolute atomic E-state index is 11.6. The Morgan fingerprint density at radius 3 is 2.54 bits per heavy atom. The minimum atomic E-state index is -0.133. The van der Waals surface area contributed by atoms with Gasteiger partial charge in [0.15, 0.2) is 5.78 Å². The van der Waals surface area contributed by atoms with Crippen LogP contribution in [-0.4, -0.2) is 10.6 Å². The van der Waals surface area contributed by atoms with Crippen molar-refractivity contribution in [1.29, 1.82) is 0 Å². The van der Waals surface area contributed by atoms with Crippen molar-refractivity contribution in [2.24, 2.45) is 0 Å². The Bertz CT molecular complexity index is 332. The predicted molar refractivity (Wildman–Crippen MR) is 61.6 cm³/mol. The number of aryl methyl sites for hydroxylation is 1. The third-order valence-corrected chi connectivity index (χ3v) is 2.82. The van der Waals surface area contributed by atoms with Crippen molar-refractivity contribution in [2.45, 2.75) is 18.7 Å². The third kappa shape index (κ3) is 2.64. The Morgan fingerprint density at radius 1 is 1.46 bits per heavy atom.